The van der Waals surface area contributed by atoms with Gasteiger partial charge in [0.25, 0.3) is 0 Å². The smallest absolute Gasteiger partial charge is 0.196 e. The molecule has 5 aromatic rings. The number of carbonyl (C=O) groups is 1. The Morgan fingerprint density at radius 3 is 2.44 bits per heavy atom. The van der Waals surface area contributed by atoms with E-state index < -0.39 is 0 Å². The Balaban J connectivity index is 1.44. The van der Waals surface area contributed by atoms with E-state index in [0.29, 0.717) is 22.4 Å². The number of carbonyl (C=O) groups excluding carboxylic acids is 1. The van der Waals surface area contributed by atoms with E-state index in [9.17, 15) is 4.79 Å². The van der Waals surface area contributed by atoms with E-state index in [2.05, 4.69) is 20.3 Å². The molecule has 4 aromatic heterocycles. The van der Waals surface area contributed by atoms with Crippen molar-refractivity contribution in [2.45, 2.75) is 25.9 Å². The third kappa shape index (κ3) is 4.06. The molecule has 0 spiro atoms. The molecule has 0 saturated heterocycles. The lowest BCUT2D eigenvalue weighted by Gasteiger charge is -2.10. The van der Waals surface area contributed by atoms with E-state index in [4.69, 9.17) is 4.52 Å². The second-order valence-corrected chi connectivity index (χ2v) is 8.78. The van der Waals surface area contributed by atoms with Crippen LogP contribution in [0.4, 0.5) is 0 Å². The number of thioether (sulfide) groups is 1. The van der Waals surface area contributed by atoms with E-state index in [1.807, 2.05) is 84.5 Å². The molecule has 5 rings (SSSR count). The van der Waals surface area contributed by atoms with Crippen LogP contribution in [-0.4, -0.2) is 41.0 Å². The lowest BCUT2D eigenvalue weighted by Crippen LogP contribution is -2.07. The Bertz CT molecular complexity index is 1450. The van der Waals surface area contributed by atoms with Crippen LogP contribution < -0.4 is 0 Å². The number of aromatic nitrogens is 6. The van der Waals surface area contributed by atoms with Crippen LogP contribution in [0.3, 0.4) is 0 Å². The molecule has 0 aliphatic carbocycles. The first kappa shape index (κ1) is 21.8. The Kier molecular flexibility index (Phi) is 5.85. The molecule has 0 aliphatic rings. The second kappa shape index (κ2) is 9.11. The Hall–Kier alpha value is -3.98. The number of nitrogens with zero attached hydrogens (tertiary/aromatic N) is 6. The average molecular weight is 471 g/mol. The van der Waals surface area contributed by atoms with Gasteiger partial charge in [-0.05, 0) is 51.1 Å². The highest BCUT2D eigenvalue weighted by Crippen LogP contribution is 2.29. The topological polar surface area (TPSA) is 91.6 Å². The van der Waals surface area contributed by atoms with Crippen LogP contribution in [0, 0.1) is 20.8 Å². The molecule has 170 valence electrons. The molecule has 34 heavy (non-hydrogen) atoms. The van der Waals surface area contributed by atoms with Crippen molar-refractivity contribution in [3.63, 3.8) is 0 Å². The largest absolute Gasteiger partial charge is 0.360 e. The summed E-state index contributed by atoms with van der Waals surface area (Å²) in [5, 5.41) is 13.6. The monoisotopic (exact) mass is 470 g/mol. The van der Waals surface area contributed by atoms with E-state index in [-0.39, 0.29) is 11.5 Å². The third-order valence-corrected chi connectivity index (χ3v) is 6.42. The maximum absolute atomic E-state index is 13.2. The minimum atomic E-state index is 0.0117. The summed E-state index contributed by atoms with van der Waals surface area (Å²) in [5.74, 6) is 2.32. The van der Waals surface area contributed by atoms with Crippen molar-refractivity contribution in [1.82, 2.24) is 29.5 Å². The zero-order chi connectivity index (χ0) is 23.7. The second-order valence-electron chi connectivity index (χ2n) is 7.84. The van der Waals surface area contributed by atoms with Gasteiger partial charge in [-0.1, -0.05) is 35.1 Å². The number of aryl methyl sites for hydroxylation is 2. The summed E-state index contributed by atoms with van der Waals surface area (Å²) in [5.41, 5.74) is 4.24. The minimum Gasteiger partial charge on any atom is -0.360 e. The number of para-hydroxylation sites is 1. The minimum absolute atomic E-state index is 0.0117. The highest BCUT2D eigenvalue weighted by Gasteiger charge is 2.21. The molecule has 0 radical (unpaired) electrons. The molecule has 0 fully saturated rings. The average Bonchev–Trinajstić information content (AvgIpc) is 3.55. The molecule has 0 bridgehead atoms. The normalized spacial score (nSPS) is 11.1. The van der Waals surface area contributed by atoms with Gasteiger partial charge < -0.3 is 4.52 Å². The number of benzene rings is 1. The number of Topliss-reactive ketones (excluding diaryl/α,β-unsaturated/α-hetero) is 1. The summed E-state index contributed by atoms with van der Waals surface area (Å²) in [6.45, 7) is 5.72. The zero-order valence-electron chi connectivity index (χ0n) is 19.0. The van der Waals surface area contributed by atoms with Gasteiger partial charge in [0.2, 0.25) is 0 Å². The summed E-state index contributed by atoms with van der Waals surface area (Å²) >= 11 is 1.36. The van der Waals surface area contributed by atoms with Crippen molar-refractivity contribution >= 4 is 17.5 Å². The van der Waals surface area contributed by atoms with Crippen molar-refractivity contribution in [2.24, 2.45) is 0 Å². The highest BCUT2D eigenvalue weighted by atomic mass is 32.2. The van der Waals surface area contributed by atoms with Crippen molar-refractivity contribution in [2.75, 3.05) is 5.75 Å². The van der Waals surface area contributed by atoms with Crippen LogP contribution in [0.15, 0.2) is 76.7 Å². The van der Waals surface area contributed by atoms with Crippen molar-refractivity contribution in [3.05, 3.63) is 89.7 Å². The van der Waals surface area contributed by atoms with Crippen LogP contribution in [0.2, 0.25) is 0 Å². The number of hydrogen-bond acceptors (Lipinski definition) is 7. The quantitative estimate of drug-likeness (QED) is 0.244. The summed E-state index contributed by atoms with van der Waals surface area (Å²) in [6.07, 6.45) is 3.45. The number of hydrogen-bond donors (Lipinski definition) is 0. The van der Waals surface area contributed by atoms with Gasteiger partial charge in [0.1, 0.15) is 5.76 Å². The van der Waals surface area contributed by atoms with Gasteiger partial charge in [-0.15, -0.1) is 10.2 Å². The molecule has 9 heteroatoms. The van der Waals surface area contributed by atoms with Gasteiger partial charge in [-0.3, -0.25) is 18.9 Å². The summed E-state index contributed by atoms with van der Waals surface area (Å²) < 4.78 is 9.12. The molecule has 0 unspecified atom stereocenters. The molecule has 4 heterocycles. The maximum atomic E-state index is 13.2. The Morgan fingerprint density at radius 1 is 0.971 bits per heavy atom. The zero-order valence-corrected chi connectivity index (χ0v) is 19.8. The fourth-order valence-electron chi connectivity index (χ4n) is 3.93. The van der Waals surface area contributed by atoms with Gasteiger partial charge >= 0.3 is 0 Å². The molecule has 8 nitrogen and oxygen atoms in total. The molecule has 0 N–H and O–H groups in total. The summed E-state index contributed by atoms with van der Waals surface area (Å²) in [4.78, 5) is 17.3. The number of pyridine rings is 1. The molecule has 0 saturated carbocycles. The van der Waals surface area contributed by atoms with Gasteiger partial charge in [0.05, 0.1) is 5.75 Å². The number of rotatable bonds is 7. The van der Waals surface area contributed by atoms with Crippen LogP contribution in [-0.2, 0) is 0 Å². The molecular formula is C25H22N6O2S. The van der Waals surface area contributed by atoms with E-state index in [0.717, 1.165) is 28.4 Å². The van der Waals surface area contributed by atoms with Crippen molar-refractivity contribution in [3.8, 4) is 22.9 Å². The van der Waals surface area contributed by atoms with Crippen molar-refractivity contribution < 1.29 is 9.32 Å². The fraction of sp³-hybridized carbons (Fsp3) is 0.160. The van der Waals surface area contributed by atoms with Gasteiger partial charge in [0.15, 0.2) is 22.6 Å². The highest BCUT2D eigenvalue weighted by molar-refractivity contribution is 7.99. The molecule has 0 atom stereocenters. The van der Waals surface area contributed by atoms with Gasteiger partial charge in [-0.25, -0.2) is 0 Å². The van der Waals surface area contributed by atoms with Crippen LogP contribution in [0.25, 0.3) is 22.9 Å². The maximum Gasteiger partial charge on any atom is 0.196 e. The van der Waals surface area contributed by atoms with Crippen LogP contribution >= 0.6 is 11.8 Å². The lowest BCUT2D eigenvalue weighted by atomic mass is 10.2. The fourth-order valence-corrected chi connectivity index (χ4v) is 4.76. The van der Waals surface area contributed by atoms with E-state index in [1.165, 1.54) is 11.8 Å². The van der Waals surface area contributed by atoms with E-state index >= 15 is 0 Å². The first-order valence-corrected chi connectivity index (χ1v) is 11.7. The predicted octanol–water partition coefficient (Wildman–Crippen LogP) is 5.01. The van der Waals surface area contributed by atoms with E-state index in [1.54, 1.807) is 12.4 Å². The predicted molar refractivity (Wildman–Crippen MR) is 130 cm³/mol. The Morgan fingerprint density at radius 2 is 1.74 bits per heavy atom. The van der Waals surface area contributed by atoms with Crippen LogP contribution in [0.1, 0.15) is 27.5 Å². The SMILES string of the molecule is Cc1cc(-n2c(C)cc(C(=O)CSc3nnc(-c4ccncc4)n3-c3ccccc3)c2C)no1. The summed E-state index contributed by atoms with van der Waals surface area (Å²) in [7, 11) is 0. The van der Waals surface area contributed by atoms with Gasteiger partial charge in [0, 0.05) is 46.7 Å². The van der Waals surface area contributed by atoms with Gasteiger partial charge in [-0.2, -0.15) is 0 Å². The van der Waals surface area contributed by atoms with Crippen LogP contribution in [0.5, 0.6) is 0 Å². The third-order valence-electron chi connectivity index (χ3n) is 5.49. The molecule has 0 aliphatic heterocycles. The summed E-state index contributed by atoms with van der Waals surface area (Å²) in [6, 6.07) is 17.4. The molecule has 0 amide bonds. The first-order chi connectivity index (χ1) is 16.5. The molecular weight excluding hydrogens is 448 g/mol. The standard InChI is InChI=1S/C25H22N6O2S/c1-16-13-21(18(3)30(16)23-14-17(2)33-29-23)22(32)15-34-25-28-27-24(19-9-11-26-12-10-19)31(25)20-7-5-4-6-8-20/h4-14H,15H2,1-3H3. The van der Waals surface area contributed by atoms with Crippen molar-refractivity contribution in [1.29, 1.82) is 0 Å². The molecule has 1 aromatic carbocycles. The number of ketones is 1. The first-order valence-electron chi connectivity index (χ1n) is 10.7. The lowest BCUT2D eigenvalue weighted by molar-refractivity contribution is 0.102. The Labute approximate surface area is 200 Å².